The van der Waals surface area contributed by atoms with Gasteiger partial charge < -0.3 is 5.73 Å². The highest BCUT2D eigenvalue weighted by atomic mass is 79.9. The van der Waals surface area contributed by atoms with Crippen LogP contribution in [0.5, 0.6) is 0 Å². The van der Waals surface area contributed by atoms with Gasteiger partial charge in [0.1, 0.15) is 5.82 Å². The van der Waals surface area contributed by atoms with Crippen LogP contribution in [0.1, 0.15) is 5.56 Å². The van der Waals surface area contributed by atoms with Crippen molar-refractivity contribution in [2.45, 2.75) is 0 Å². The highest BCUT2D eigenvalue weighted by Gasteiger charge is 2.01. The maximum atomic E-state index is 13.0. The van der Waals surface area contributed by atoms with Crippen LogP contribution in [-0.2, 0) is 0 Å². The van der Waals surface area contributed by atoms with Crippen molar-refractivity contribution in [1.29, 1.82) is 0 Å². The summed E-state index contributed by atoms with van der Waals surface area (Å²) in [5.74, 6) is -0.343. The first-order chi connectivity index (χ1) is 6.61. The van der Waals surface area contributed by atoms with E-state index in [0.29, 0.717) is 10.0 Å². The summed E-state index contributed by atoms with van der Waals surface area (Å²) in [5.41, 5.74) is 8.13. The van der Waals surface area contributed by atoms with Gasteiger partial charge in [0.25, 0.3) is 0 Å². The van der Waals surface area contributed by atoms with Gasteiger partial charge in [-0.2, -0.15) is 5.10 Å². The van der Waals surface area contributed by atoms with Crippen molar-refractivity contribution in [2.24, 2.45) is 10.8 Å². The smallest absolute Gasteiger partial charge is 0.184 e. The molecule has 74 valence electrons. The summed E-state index contributed by atoms with van der Waals surface area (Å²) in [5, 5.41) is 3.77. The van der Waals surface area contributed by atoms with Gasteiger partial charge in [0.05, 0.1) is 10.7 Å². The Labute approximate surface area is 94.3 Å². The van der Waals surface area contributed by atoms with Gasteiger partial charge in [0.15, 0.2) is 5.11 Å². The fraction of sp³-hybridized carbons (Fsp3) is 0. The zero-order valence-electron chi connectivity index (χ0n) is 7.00. The minimum Gasteiger partial charge on any atom is -0.375 e. The molecule has 0 amide bonds. The molecule has 0 aliphatic carbocycles. The zero-order valence-corrected chi connectivity index (χ0v) is 9.40. The summed E-state index contributed by atoms with van der Waals surface area (Å²) < 4.78 is 13.3. The molecule has 0 aliphatic heterocycles. The van der Waals surface area contributed by atoms with Crippen molar-refractivity contribution < 1.29 is 4.39 Å². The molecule has 0 saturated heterocycles. The van der Waals surface area contributed by atoms with E-state index in [4.69, 9.17) is 5.73 Å². The second-order valence-corrected chi connectivity index (χ2v) is 3.61. The van der Waals surface area contributed by atoms with Gasteiger partial charge >= 0.3 is 0 Å². The van der Waals surface area contributed by atoms with E-state index in [1.165, 1.54) is 12.3 Å². The number of nitrogens with two attached hydrogens (primary N) is 1. The Morgan fingerprint density at radius 1 is 1.64 bits per heavy atom. The number of thiocarbonyl (C=S) groups is 1. The quantitative estimate of drug-likeness (QED) is 0.491. The van der Waals surface area contributed by atoms with Crippen molar-refractivity contribution >= 4 is 39.5 Å². The molecule has 0 atom stereocenters. The van der Waals surface area contributed by atoms with E-state index < -0.39 is 0 Å². The summed E-state index contributed by atoms with van der Waals surface area (Å²) in [7, 11) is 0. The van der Waals surface area contributed by atoms with E-state index >= 15 is 0 Å². The van der Waals surface area contributed by atoms with Crippen LogP contribution in [-0.4, -0.2) is 11.3 Å². The number of rotatable bonds is 2. The van der Waals surface area contributed by atoms with E-state index in [0.717, 1.165) is 0 Å². The molecular formula is C8H7BrFN3S. The molecule has 0 aliphatic rings. The number of benzene rings is 1. The molecule has 0 saturated carbocycles. The number of nitrogens with one attached hydrogen (secondary N) is 1. The average Bonchev–Trinajstić information content (AvgIpc) is 2.12. The molecular weight excluding hydrogens is 269 g/mol. The van der Waals surface area contributed by atoms with Crippen molar-refractivity contribution in [3.05, 3.63) is 34.1 Å². The van der Waals surface area contributed by atoms with Crippen LogP contribution < -0.4 is 11.2 Å². The maximum absolute atomic E-state index is 13.0. The van der Waals surface area contributed by atoms with Gasteiger partial charge in [0, 0.05) is 5.56 Å². The number of hydrazone groups is 1. The molecule has 0 spiro atoms. The van der Waals surface area contributed by atoms with Gasteiger partial charge in [-0.1, -0.05) is 12.1 Å². The zero-order chi connectivity index (χ0) is 10.6. The van der Waals surface area contributed by atoms with Crippen molar-refractivity contribution in [1.82, 2.24) is 5.43 Å². The van der Waals surface area contributed by atoms with Crippen LogP contribution >= 0.6 is 28.1 Å². The van der Waals surface area contributed by atoms with Crippen LogP contribution in [0.2, 0.25) is 0 Å². The number of hydrogen-bond donors (Lipinski definition) is 2. The number of hydrogen-bond acceptors (Lipinski definition) is 2. The number of nitrogens with zero attached hydrogens (tertiary/aromatic N) is 1. The Morgan fingerprint density at radius 3 is 3.00 bits per heavy atom. The lowest BCUT2D eigenvalue weighted by atomic mass is 10.2. The monoisotopic (exact) mass is 275 g/mol. The van der Waals surface area contributed by atoms with Gasteiger partial charge in [0.2, 0.25) is 0 Å². The Hall–Kier alpha value is -1.01. The largest absolute Gasteiger partial charge is 0.375 e. The third-order valence-corrected chi connectivity index (χ3v) is 2.29. The molecule has 3 N–H and O–H groups in total. The van der Waals surface area contributed by atoms with Crippen molar-refractivity contribution in [3.8, 4) is 0 Å². The molecule has 3 nitrogen and oxygen atoms in total. The van der Waals surface area contributed by atoms with Crippen LogP contribution in [0.15, 0.2) is 27.8 Å². The molecule has 6 heteroatoms. The molecule has 0 radical (unpaired) electrons. The highest BCUT2D eigenvalue weighted by Crippen LogP contribution is 2.18. The second kappa shape index (κ2) is 5.02. The molecule has 0 heterocycles. The standard InChI is InChI=1S/C8H7BrFN3S/c9-7-5(2-1-3-6(7)10)4-12-13-8(11)14/h1-4H,(H3,11,13,14)/b12-4+. The molecule has 0 bridgehead atoms. The molecule has 14 heavy (non-hydrogen) atoms. The Bertz CT molecular complexity index is 381. The predicted octanol–water partition coefficient (Wildman–Crippen LogP) is 1.76. The fourth-order valence-electron chi connectivity index (χ4n) is 0.786. The van der Waals surface area contributed by atoms with Crippen LogP contribution in [0.25, 0.3) is 0 Å². The van der Waals surface area contributed by atoms with Gasteiger partial charge in [-0.3, -0.25) is 5.43 Å². The highest BCUT2D eigenvalue weighted by molar-refractivity contribution is 9.10. The molecule has 1 rings (SSSR count). The van der Waals surface area contributed by atoms with Gasteiger partial charge in [-0.05, 0) is 34.2 Å². The Balaban J connectivity index is 2.81. The van der Waals surface area contributed by atoms with Crippen molar-refractivity contribution in [3.63, 3.8) is 0 Å². The normalized spacial score (nSPS) is 10.4. The Kier molecular flexibility index (Phi) is 3.97. The average molecular weight is 276 g/mol. The first-order valence-corrected chi connectivity index (χ1v) is 4.84. The summed E-state index contributed by atoms with van der Waals surface area (Å²) in [4.78, 5) is 0. The first kappa shape index (κ1) is 11.1. The van der Waals surface area contributed by atoms with E-state index in [9.17, 15) is 4.39 Å². The summed E-state index contributed by atoms with van der Waals surface area (Å²) in [6.45, 7) is 0. The Morgan fingerprint density at radius 2 is 2.36 bits per heavy atom. The summed E-state index contributed by atoms with van der Waals surface area (Å²) in [6, 6.07) is 4.64. The summed E-state index contributed by atoms with van der Waals surface area (Å²) in [6.07, 6.45) is 1.42. The van der Waals surface area contributed by atoms with E-state index in [1.54, 1.807) is 12.1 Å². The molecule has 0 unspecified atom stereocenters. The molecule has 1 aromatic rings. The van der Waals surface area contributed by atoms with Gasteiger partial charge in [-0.25, -0.2) is 4.39 Å². The maximum Gasteiger partial charge on any atom is 0.184 e. The molecule has 1 aromatic carbocycles. The predicted molar refractivity (Wildman–Crippen MR) is 61.6 cm³/mol. The fourth-order valence-corrected chi connectivity index (χ4v) is 1.21. The van der Waals surface area contributed by atoms with E-state index in [-0.39, 0.29) is 10.9 Å². The van der Waals surface area contributed by atoms with Crippen LogP contribution in [0.4, 0.5) is 4.39 Å². The van der Waals surface area contributed by atoms with E-state index in [2.05, 4.69) is 38.7 Å². The minimum absolute atomic E-state index is 0.0637. The lowest BCUT2D eigenvalue weighted by Gasteiger charge is -1.99. The molecule has 0 aromatic heterocycles. The van der Waals surface area contributed by atoms with E-state index in [1.807, 2.05) is 0 Å². The lowest BCUT2D eigenvalue weighted by molar-refractivity contribution is 0.621. The third kappa shape index (κ3) is 3.04. The summed E-state index contributed by atoms with van der Waals surface area (Å²) >= 11 is 7.63. The third-order valence-electron chi connectivity index (χ3n) is 1.36. The lowest BCUT2D eigenvalue weighted by Crippen LogP contribution is -2.24. The van der Waals surface area contributed by atoms with Crippen LogP contribution in [0, 0.1) is 5.82 Å². The topological polar surface area (TPSA) is 50.4 Å². The first-order valence-electron chi connectivity index (χ1n) is 3.64. The van der Waals surface area contributed by atoms with Gasteiger partial charge in [-0.15, -0.1) is 0 Å². The minimum atomic E-state index is -0.343. The van der Waals surface area contributed by atoms with Crippen LogP contribution in [0.3, 0.4) is 0 Å². The molecule has 0 fully saturated rings. The number of halogens is 2. The van der Waals surface area contributed by atoms with Crippen molar-refractivity contribution in [2.75, 3.05) is 0 Å². The SMILES string of the molecule is NC(=S)N/N=C/c1cccc(F)c1Br. The second-order valence-electron chi connectivity index (χ2n) is 2.38.